The lowest BCUT2D eigenvalue weighted by Crippen LogP contribution is -2.44. The Morgan fingerprint density at radius 3 is 2.47 bits per heavy atom. The van der Waals surface area contributed by atoms with Crippen LogP contribution in [-0.4, -0.2) is 25.2 Å². The Kier molecular flexibility index (Phi) is 6.36. The van der Waals surface area contributed by atoms with Gasteiger partial charge < -0.3 is 8.84 Å². The minimum Gasteiger partial charge on any atom is -0.436 e. The van der Waals surface area contributed by atoms with Crippen LogP contribution in [0.15, 0.2) is 53.0 Å². The molecule has 0 fully saturated rings. The fourth-order valence-corrected chi connectivity index (χ4v) is 4.28. The molecule has 1 atom stereocenters. The Labute approximate surface area is 184 Å². The number of para-hydroxylation sites is 1. The Bertz CT molecular complexity index is 1080. The van der Waals surface area contributed by atoms with Gasteiger partial charge in [0, 0.05) is 16.1 Å². The van der Waals surface area contributed by atoms with Crippen LogP contribution in [0.1, 0.15) is 33.3 Å². The van der Waals surface area contributed by atoms with E-state index in [0.29, 0.717) is 22.0 Å². The summed E-state index contributed by atoms with van der Waals surface area (Å²) in [6.45, 7) is 12.6. The number of carbonyl (C=O) groups is 1. The fourth-order valence-electron chi connectivity index (χ4n) is 2.80. The van der Waals surface area contributed by atoms with Crippen molar-refractivity contribution in [3.8, 4) is 11.5 Å². The van der Waals surface area contributed by atoms with Gasteiger partial charge in [-0.05, 0) is 67.5 Å². The van der Waals surface area contributed by atoms with Crippen molar-refractivity contribution in [3.63, 3.8) is 0 Å². The maximum Gasteiger partial charge on any atom is 0.227 e. The summed E-state index contributed by atoms with van der Waals surface area (Å²) in [6.07, 6.45) is 2.87. The second kappa shape index (κ2) is 8.50. The molecule has 0 aliphatic heterocycles. The predicted molar refractivity (Wildman–Crippen MR) is 126 cm³/mol. The topological polar surface area (TPSA) is 52.3 Å². The first-order valence-corrected chi connectivity index (χ1v) is 13.3. The van der Waals surface area contributed by atoms with Crippen LogP contribution in [0.4, 0.5) is 0 Å². The minimum absolute atomic E-state index is 0.0512. The predicted octanol–water partition coefficient (Wildman–Crippen LogP) is 7.14. The van der Waals surface area contributed by atoms with E-state index >= 15 is 0 Å². The molecule has 6 heteroatoms. The number of oxazole rings is 1. The molecule has 4 nitrogen and oxygen atoms in total. The van der Waals surface area contributed by atoms with Crippen molar-refractivity contribution >= 4 is 42.9 Å². The van der Waals surface area contributed by atoms with Gasteiger partial charge in [0.2, 0.25) is 5.89 Å². The molecule has 0 aliphatic carbocycles. The van der Waals surface area contributed by atoms with Crippen LogP contribution in [0.5, 0.6) is 0 Å². The molecule has 0 saturated carbocycles. The van der Waals surface area contributed by atoms with Gasteiger partial charge in [-0.15, -0.1) is 0 Å². The van der Waals surface area contributed by atoms with Crippen molar-refractivity contribution in [2.45, 2.75) is 51.9 Å². The number of halogens is 1. The highest BCUT2D eigenvalue weighted by molar-refractivity contribution is 6.74. The number of fused-ring (bicyclic) bond motifs is 1. The normalized spacial score (nSPS) is 13.8. The number of ketones is 1. The Hall–Kier alpha value is -2.21. The van der Waals surface area contributed by atoms with E-state index in [0.717, 1.165) is 11.1 Å². The largest absolute Gasteiger partial charge is 0.436 e. The van der Waals surface area contributed by atoms with Crippen molar-refractivity contribution < 1.29 is 13.6 Å². The fraction of sp³-hybridized carbons (Fsp3) is 0.333. The lowest BCUT2D eigenvalue weighted by molar-refractivity contribution is -0.120. The van der Waals surface area contributed by atoms with Gasteiger partial charge in [0.25, 0.3) is 0 Å². The minimum atomic E-state index is -2.01. The molecule has 0 aliphatic rings. The zero-order valence-corrected chi connectivity index (χ0v) is 20.1. The Balaban J connectivity index is 1.82. The summed E-state index contributed by atoms with van der Waals surface area (Å²) in [6, 6.07) is 13.0. The van der Waals surface area contributed by atoms with Crippen molar-refractivity contribution in [2.24, 2.45) is 0 Å². The van der Waals surface area contributed by atoms with Crippen LogP contribution < -0.4 is 0 Å². The molecule has 0 unspecified atom stereocenters. The molecule has 0 saturated heterocycles. The van der Waals surface area contributed by atoms with E-state index in [4.69, 9.17) is 20.4 Å². The smallest absolute Gasteiger partial charge is 0.227 e. The second-order valence-electron chi connectivity index (χ2n) is 8.98. The number of hydrogen-bond acceptors (Lipinski definition) is 4. The zero-order valence-electron chi connectivity index (χ0n) is 18.3. The highest BCUT2D eigenvalue weighted by atomic mass is 35.5. The molecule has 3 aromatic rings. The van der Waals surface area contributed by atoms with Gasteiger partial charge in [-0.1, -0.05) is 44.5 Å². The summed E-state index contributed by atoms with van der Waals surface area (Å²) in [7, 11) is -2.01. The molecule has 1 aromatic heterocycles. The quantitative estimate of drug-likeness (QED) is 0.301. The van der Waals surface area contributed by atoms with Crippen LogP contribution in [-0.2, 0) is 9.22 Å². The van der Waals surface area contributed by atoms with Gasteiger partial charge in [0.1, 0.15) is 11.6 Å². The van der Waals surface area contributed by atoms with Crippen molar-refractivity contribution in [2.75, 3.05) is 0 Å². The van der Waals surface area contributed by atoms with Crippen molar-refractivity contribution in [1.82, 2.24) is 4.98 Å². The van der Waals surface area contributed by atoms with Crippen LogP contribution in [0.3, 0.4) is 0 Å². The Morgan fingerprint density at radius 1 is 1.17 bits per heavy atom. The number of hydrogen-bond donors (Lipinski definition) is 0. The molecule has 0 amide bonds. The summed E-state index contributed by atoms with van der Waals surface area (Å²) in [4.78, 5) is 17.3. The van der Waals surface area contributed by atoms with Crippen molar-refractivity contribution in [3.05, 3.63) is 59.1 Å². The molecule has 3 rings (SSSR count). The summed E-state index contributed by atoms with van der Waals surface area (Å²) in [5, 5.41) is 0.710. The molecule has 0 N–H and O–H groups in total. The monoisotopic (exact) mass is 441 g/mol. The third-order valence-electron chi connectivity index (χ3n) is 5.65. The number of rotatable bonds is 6. The van der Waals surface area contributed by atoms with E-state index in [1.54, 1.807) is 24.3 Å². The van der Waals surface area contributed by atoms with E-state index in [9.17, 15) is 4.79 Å². The first-order chi connectivity index (χ1) is 14.0. The molecule has 0 spiro atoms. The maximum atomic E-state index is 12.7. The van der Waals surface area contributed by atoms with Gasteiger partial charge in [0.15, 0.2) is 19.7 Å². The first kappa shape index (κ1) is 22.5. The van der Waals surface area contributed by atoms with Crippen LogP contribution >= 0.6 is 11.6 Å². The standard InChI is InChI=1S/C24H28ClNO3Si/c1-16(29-30(5,6)24(2,3)4)20(27)15-12-17-8-7-9-21-22(17)26-23(28-21)18-10-13-19(25)14-11-18/h7-16H,1-6H3/b15-12+/t16-/m0/s1. The van der Waals surface area contributed by atoms with E-state index in [1.165, 1.54) is 0 Å². The van der Waals surface area contributed by atoms with E-state index in [1.807, 2.05) is 37.3 Å². The number of carbonyl (C=O) groups excluding carboxylic acids is 1. The highest BCUT2D eigenvalue weighted by Crippen LogP contribution is 2.37. The third kappa shape index (κ3) is 4.91. The molecule has 0 bridgehead atoms. The van der Waals surface area contributed by atoms with Crippen LogP contribution in [0.2, 0.25) is 23.2 Å². The van der Waals surface area contributed by atoms with E-state index in [-0.39, 0.29) is 10.8 Å². The third-order valence-corrected chi connectivity index (χ3v) is 10.5. The molecular weight excluding hydrogens is 414 g/mol. The Morgan fingerprint density at radius 2 is 1.83 bits per heavy atom. The lowest BCUT2D eigenvalue weighted by atomic mass is 10.1. The van der Waals surface area contributed by atoms with E-state index in [2.05, 4.69) is 38.8 Å². The van der Waals surface area contributed by atoms with Gasteiger partial charge >= 0.3 is 0 Å². The number of aromatic nitrogens is 1. The molecule has 158 valence electrons. The summed E-state index contributed by atoms with van der Waals surface area (Å²) >= 11 is 5.96. The lowest BCUT2D eigenvalue weighted by Gasteiger charge is -2.37. The average molecular weight is 442 g/mol. The molecule has 0 radical (unpaired) electrons. The second-order valence-corrected chi connectivity index (χ2v) is 14.2. The van der Waals surface area contributed by atoms with Gasteiger partial charge in [-0.25, -0.2) is 4.98 Å². The first-order valence-electron chi connectivity index (χ1n) is 10.0. The molecule has 1 heterocycles. The molecule has 2 aromatic carbocycles. The summed E-state index contributed by atoms with van der Waals surface area (Å²) < 4.78 is 12.1. The average Bonchev–Trinajstić information content (AvgIpc) is 3.10. The van der Waals surface area contributed by atoms with Gasteiger partial charge in [0.05, 0.1) is 0 Å². The maximum absolute atomic E-state index is 12.7. The van der Waals surface area contributed by atoms with Gasteiger partial charge in [-0.2, -0.15) is 0 Å². The van der Waals surface area contributed by atoms with Gasteiger partial charge in [-0.3, -0.25) is 4.79 Å². The number of benzene rings is 2. The molecular formula is C24H28ClNO3Si. The highest BCUT2D eigenvalue weighted by Gasteiger charge is 2.39. The van der Waals surface area contributed by atoms with Crippen LogP contribution in [0.25, 0.3) is 28.6 Å². The SMILES string of the molecule is C[C@H](O[Si](C)(C)C(C)(C)C)C(=O)/C=C/c1cccc2oc(-c3ccc(Cl)cc3)nc12. The van der Waals surface area contributed by atoms with Crippen LogP contribution in [0, 0.1) is 0 Å². The zero-order chi connectivity index (χ0) is 22.1. The summed E-state index contributed by atoms with van der Waals surface area (Å²) in [5.74, 6) is 0.460. The van der Waals surface area contributed by atoms with E-state index < -0.39 is 14.4 Å². The summed E-state index contributed by atoms with van der Waals surface area (Å²) in [5.41, 5.74) is 3.05. The van der Waals surface area contributed by atoms with Crippen molar-refractivity contribution in [1.29, 1.82) is 0 Å². The molecule has 30 heavy (non-hydrogen) atoms. The number of nitrogens with zero attached hydrogens (tertiary/aromatic N) is 1.